The standard InChI is InChI=1S/C12H24N2O.ClH/c1-4-9(2)11(13)12(15)14(3)10-7-5-6-8-10;/h9-11H,4-8,13H2,1-3H3;1H. The lowest BCUT2D eigenvalue weighted by molar-refractivity contribution is -0.134. The second-order valence-corrected chi connectivity index (χ2v) is 4.80. The number of likely N-dealkylation sites (N-methyl/N-ethyl adjacent to an activating group) is 1. The molecule has 0 bridgehead atoms. The molecule has 4 heteroatoms. The Labute approximate surface area is 105 Å². The van der Waals surface area contributed by atoms with Gasteiger partial charge in [0.05, 0.1) is 6.04 Å². The maximum absolute atomic E-state index is 12.0. The van der Waals surface area contributed by atoms with Crippen molar-refractivity contribution in [3.8, 4) is 0 Å². The first-order valence-corrected chi connectivity index (χ1v) is 6.10. The van der Waals surface area contributed by atoms with E-state index in [0.29, 0.717) is 6.04 Å². The zero-order valence-corrected chi connectivity index (χ0v) is 11.4. The molecule has 0 spiro atoms. The smallest absolute Gasteiger partial charge is 0.239 e. The zero-order valence-electron chi connectivity index (χ0n) is 10.6. The Bertz CT molecular complexity index is 217. The number of nitrogens with zero attached hydrogens (tertiary/aromatic N) is 1. The van der Waals surface area contributed by atoms with Crippen LogP contribution in [0.3, 0.4) is 0 Å². The molecular formula is C12H25ClN2O. The van der Waals surface area contributed by atoms with Crippen molar-refractivity contribution in [3.63, 3.8) is 0 Å². The van der Waals surface area contributed by atoms with Crippen LogP contribution in [-0.4, -0.2) is 29.9 Å². The number of amides is 1. The molecule has 96 valence electrons. The fourth-order valence-corrected chi connectivity index (χ4v) is 2.20. The molecule has 0 aliphatic heterocycles. The van der Waals surface area contributed by atoms with E-state index in [-0.39, 0.29) is 30.3 Å². The number of carbonyl (C=O) groups excluding carboxylic acids is 1. The van der Waals surface area contributed by atoms with Crippen LogP contribution in [-0.2, 0) is 4.79 Å². The topological polar surface area (TPSA) is 46.3 Å². The minimum atomic E-state index is -0.319. The van der Waals surface area contributed by atoms with Gasteiger partial charge < -0.3 is 10.6 Å². The van der Waals surface area contributed by atoms with Crippen LogP contribution in [0, 0.1) is 5.92 Å². The van der Waals surface area contributed by atoms with Gasteiger partial charge in [-0.2, -0.15) is 0 Å². The Morgan fingerprint density at radius 1 is 1.44 bits per heavy atom. The Balaban J connectivity index is 0.00000225. The molecule has 1 fully saturated rings. The van der Waals surface area contributed by atoms with Gasteiger partial charge in [0, 0.05) is 13.1 Å². The lowest BCUT2D eigenvalue weighted by atomic mass is 9.98. The quantitative estimate of drug-likeness (QED) is 0.829. The maximum atomic E-state index is 12.0. The van der Waals surface area contributed by atoms with E-state index in [1.807, 2.05) is 18.9 Å². The van der Waals surface area contributed by atoms with Crippen molar-refractivity contribution >= 4 is 18.3 Å². The molecule has 0 radical (unpaired) electrons. The molecule has 2 atom stereocenters. The SMILES string of the molecule is CCC(C)C(N)C(=O)N(C)C1CCCC1.Cl. The van der Waals surface area contributed by atoms with Gasteiger partial charge in [0.2, 0.25) is 5.91 Å². The van der Waals surface area contributed by atoms with Gasteiger partial charge >= 0.3 is 0 Å². The average molecular weight is 249 g/mol. The second-order valence-electron chi connectivity index (χ2n) is 4.80. The Morgan fingerprint density at radius 2 is 1.94 bits per heavy atom. The van der Waals surface area contributed by atoms with E-state index in [1.165, 1.54) is 12.8 Å². The molecule has 0 heterocycles. The van der Waals surface area contributed by atoms with Crippen LogP contribution in [0.4, 0.5) is 0 Å². The highest BCUT2D eigenvalue weighted by molar-refractivity contribution is 5.85. The molecule has 1 saturated carbocycles. The van der Waals surface area contributed by atoms with E-state index >= 15 is 0 Å². The van der Waals surface area contributed by atoms with E-state index in [9.17, 15) is 4.79 Å². The highest BCUT2D eigenvalue weighted by atomic mass is 35.5. The summed E-state index contributed by atoms with van der Waals surface area (Å²) in [6.45, 7) is 4.12. The Hall–Kier alpha value is -0.280. The molecule has 1 rings (SSSR count). The van der Waals surface area contributed by atoms with Crippen molar-refractivity contribution in [1.82, 2.24) is 4.90 Å². The molecule has 1 amide bonds. The predicted molar refractivity (Wildman–Crippen MR) is 69.7 cm³/mol. The highest BCUT2D eigenvalue weighted by Gasteiger charge is 2.28. The summed E-state index contributed by atoms with van der Waals surface area (Å²) in [5, 5.41) is 0. The van der Waals surface area contributed by atoms with E-state index < -0.39 is 0 Å². The molecule has 1 aliphatic carbocycles. The average Bonchev–Trinajstić information content (AvgIpc) is 2.78. The summed E-state index contributed by atoms with van der Waals surface area (Å²) in [6.07, 6.45) is 5.76. The van der Waals surface area contributed by atoms with Crippen LogP contribution in [0.2, 0.25) is 0 Å². The van der Waals surface area contributed by atoms with Gasteiger partial charge in [0.15, 0.2) is 0 Å². The maximum Gasteiger partial charge on any atom is 0.239 e. The number of rotatable bonds is 4. The third kappa shape index (κ3) is 3.63. The van der Waals surface area contributed by atoms with Gasteiger partial charge in [0.1, 0.15) is 0 Å². The summed E-state index contributed by atoms with van der Waals surface area (Å²) in [4.78, 5) is 13.9. The van der Waals surface area contributed by atoms with Crippen LogP contribution in [0.25, 0.3) is 0 Å². The third-order valence-corrected chi connectivity index (χ3v) is 3.76. The molecule has 2 N–H and O–H groups in total. The summed E-state index contributed by atoms with van der Waals surface area (Å²) >= 11 is 0. The van der Waals surface area contributed by atoms with Gasteiger partial charge in [-0.3, -0.25) is 4.79 Å². The van der Waals surface area contributed by atoms with E-state index in [0.717, 1.165) is 19.3 Å². The van der Waals surface area contributed by atoms with Crippen LogP contribution in [0.5, 0.6) is 0 Å². The first-order valence-electron chi connectivity index (χ1n) is 6.10. The first-order chi connectivity index (χ1) is 7.07. The molecule has 0 aromatic rings. The first kappa shape index (κ1) is 15.7. The van der Waals surface area contributed by atoms with Crippen molar-refractivity contribution in [2.24, 2.45) is 11.7 Å². The molecule has 0 saturated heterocycles. The third-order valence-electron chi connectivity index (χ3n) is 3.76. The molecule has 0 aromatic heterocycles. The molecule has 0 aromatic carbocycles. The Kier molecular flexibility index (Phi) is 7.00. The van der Waals surface area contributed by atoms with Crippen molar-refractivity contribution < 1.29 is 4.79 Å². The van der Waals surface area contributed by atoms with Crippen LogP contribution < -0.4 is 5.73 Å². The lowest BCUT2D eigenvalue weighted by Gasteiger charge is -2.29. The number of halogens is 1. The summed E-state index contributed by atoms with van der Waals surface area (Å²) < 4.78 is 0. The minimum absolute atomic E-state index is 0. The second kappa shape index (κ2) is 7.13. The minimum Gasteiger partial charge on any atom is -0.341 e. The fourth-order valence-electron chi connectivity index (χ4n) is 2.20. The highest BCUT2D eigenvalue weighted by Crippen LogP contribution is 2.23. The van der Waals surface area contributed by atoms with E-state index in [4.69, 9.17) is 5.73 Å². The number of nitrogens with two attached hydrogens (primary N) is 1. The fraction of sp³-hybridized carbons (Fsp3) is 0.917. The van der Waals surface area contributed by atoms with E-state index in [2.05, 4.69) is 6.92 Å². The summed E-state index contributed by atoms with van der Waals surface area (Å²) in [5.74, 6) is 0.401. The van der Waals surface area contributed by atoms with Crippen LogP contribution in [0.15, 0.2) is 0 Å². The summed E-state index contributed by atoms with van der Waals surface area (Å²) in [5.41, 5.74) is 5.95. The monoisotopic (exact) mass is 248 g/mol. The van der Waals surface area contributed by atoms with E-state index in [1.54, 1.807) is 0 Å². The molecule has 3 nitrogen and oxygen atoms in total. The van der Waals surface area contributed by atoms with Gasteiger partial charge in [0.25, 0.3) is 0 Å². The van der Waals surface area contributed by atoms with Crippen molar-refractivity contribution in [2.75, 3.05) is 7.05 Å². The number of hydrogen-bond acceptors (Lipinski definition) is 2. The molecular weight excluding hydrogens is 224 g/mol. The van der Waals surface area contributed by atoms with Crippen LogP contribution >= 0.6 is 12.4 Å². The normalized spacial score (nSPS) is 20.0. The van der Waals surface area contributed by atoms with Crippen molar-refractivity contribution in [2.45, 2.75) is 58.0 Å². The van der Waals surface area contributed by atoms with Crippen LogP contribution in [0.1, 0.15) is 46.0 Å². The molecule has 1 aliphatic rings. The lowest BCUT2D eigenvalue weighted by Crippen LogP contribution is -2.48. The largest absolute Gasteiger partial charge is 0.341 e. The summed E-state index contributed by atoms with van der Waals surface area (Å²) in [7, 11) is 1.90. The zero-order chi connectivity index (χ0) is 11.4. The number of carbonyl (C=O) groups is 1. The summed E-state index contributed by atoms with van der Waals surface area (Å²) in [6, 6.07) is 0.119. The number of hydrogen-bond donors (Lipinski definition) is 1. The van der Waals surface area contributed by atoms with Gasteiger partial charge in [-0.25, -0.2) is 0 Å². The molecule has 2 unspecified atom stereocenters. The van der Waals surface area contributed by atoms with Gasteiger partial charge in [-0.05, 0) is 18.8 Å². The van der Waals surface area contributed by atoms with Crippen molar-refractivity contribution in [3.05, 3.63) is 0 Å². The predicted octanol–water partition coefficient (Wildman–Crippen LogP) is 2.18. The van der Waals surface area contributed by atoms with Crippen molar-refractivity contribution in [1.29, 1.82) is 0 Å². The molecule has 16 heavy (non-hydrogen) atoms. The van der Waals surface area contributed by atoms with Gasteiger partial charge in [-0.1, -0.05) is 33.1 Å². The Morgan fingerprint density at radius 3 is 2.38 bits per heavy atom. The van der Waals surface area contributed by atoms with Gasteiger partial charge in [-0.15, -0.1) is 12.4 Å².